The van der Waals surface area contributed by atoms with Crippen molar-refractivity contribution in [3.05, 3.63) is 35.9 Å². The van der Waals surface area contributed by atoms with Crippen LogP contribution in [0, 0.1) is 0 Å². The predicted octanol–water partition coefficient (Wildman–Crippen LogP) is 2.60. The van der Waals surface area contributed by atoms with Gasteiger partial charge in [0, 0.05) is 0 Å². The molecule has 0 nitrogen and oxygen atoms in total. The fourth-order valence-corrected chi connectivity index (χ4v) is 1.81. The van der Waals surface area contributed by atoms with Gasteiger partial charge in [0.25, 0.3) is 0 Å². The third-order valence-corrected chi connectivity index (χ3v) is 2.74. The van der Waals surface area contributed by atoms with Crippen LogP contribution < -0.4 is 0 Å². The topological polar surface area (TPSA) is 0 Å². The molecule has 3 radical (unpaired) electrons. The molecule has 57 valence electrons. The first kappa shape index (κ1) is 9.11. The summed E-state index contributed by atoms with van der Waals surface area (Å²) >= 11 is 1.67. The zero-order chi connectivity index (χ0) is 7.94. The molecule has 0 atom stereocenters. The van der Waals surface area contributed by atoms with Crippen LogP contribution in [0.5, 0.6) is 0 Å². The molecule has 0 aliphatic rings. The molecule has 0 saturated carbocycles. The van der Waals surface area contributed by atoms with Gasteiger partial charge < -0.3 is 0 Å². The van der Waals surface area contributed by atoms with Crippen LogP contribution in [0.3, 0.4) is 0 Å². The van der Waals surface area contributed by atoms with Crippen LogP contribution in [-0.4, -0.2) is 22.5 Å². The van der Waals surface area contributed by atoms with E-state index < -0.39 is 0 Å². The van der Waals surface area contributed by atoms with Crippen molar-refractivity contribution in [2.24, 2.45) is 0 Å². The van der Waals surface area contributed by atoms with Gasteiger partial charge in [-0.05, 0) is 0 Å². The zero-order valence-corrected chi connectivity index (χ0v) is 9.57. The number of unbranched alkanes of at least 4 members (excludes halogenated alkanes) is 1. The molecule has 0 spiro atoms. The van der Waals surface area contributed by atoms with Gasteiger partial charge in [0.15, 0.2) is 0 Å². The van der Waals surface area contributed by atoms with Crippen molar-refractivity contribution < 1.29 is 0 Å². The molecule has 0 aliphatic heterocycles. The van der Waals surface area contributed by atoms with Gasteiger partial charge >= 0.3 is 82.1 Å². The summed E-state index contributed by atoms with van der Waals surface area (Å²) in [4.78, 5) is 0. The SMILES string of the molecule is [Sn][CH2]CCCc1ccccc1. The maximum absolute atomic E-state index is 2.21. The second-order valence-electron chi connectivity index (χ2n) is 2.69. The summed E-state index contributed by atoms with van der Waals surface area (Å²) in [5.74, 6) is 0. The molecule has 0 aromatic heterocycles. The molecule has 1 aromatic carbocycles. The van der Waals surface area contributed by atoms with Gasteiger partial charge in [-0.25, -0.2) is 0 Å². The second-order valence-corrected chi connectivity index (χ2v) is 4.12. The summed E-state index contributed by atoms with van der Waals surface area (Å²) in [7, 11) is 0. The Bertz CT molecular complexity index is 181. The normalized spacial score (nSPS) is 9.91. The Morgan fingerprint density at radius 2 is 1.73 bits per heavy atom. The molecule has 11 heavy (non-hydrogen) atoms. The summed E-state index contributed by atoms with van der Waals surface area (Å²) < 4.78 is 1.40. The Labute approximate surface area is 82.1 Å². The van der Waals surface area contributed by atoms with E-state index in [1.807, 2.05) is 0 Å². The molecule has 1 heteroatoms. The first-order valence-corrected chi connectivity index (χ1v) is 6.14. The van der Waals surface area contributed by atoms with Gasteiger partial charge in [0.1, 0.15) is 0 Å². The van der Waals surface area contributed by atoms with Crippen molar-refractivity contribution in [2.45, 2.75) is 23.7 Å². The standard InChI is InChI=1S/C10H13.Sn/c1-2-3-7-10-8-5-4-6-9-10;/h4-6,8-9H,1-3,7H2;. The number of hydrogen-bond acceptors (Lipinski definition) is 0. The number of aryl methyl sites for hydroxylation is 1. The van der Waals surface area contributed by atoms with Gasteiger partial charge in [0.2, 0.25) is 0 Å². The van der Waals surface area contributed by atoms with Crippen LogP contribution in [0.2, 0.25) is 4.44 Å². The van der Waals surface area contributed by atoms with Crippen molar-refractivity contribution >= 4 is 22.5 Å². The zero-order valence-electron chi connectivity index (χ0n) is 6.72. The monoisotopic (exact) mass is 253 g/mol. The number of rotatable bonds is 4. The average molecular weight is 252 g/mol. The van der Waals surface area contributed by atoms with Crippen molar-refractivity contribution in [2.75, 3.05) is 0 Å². The van der Waals surface area contributed by atoms with Gasteiger partial charge in [-0.15, -0.1) is 0 Å². The Morgan fingerprint density at radius 1 is 1.00 bits per heavy atom. The van der Waals surface area contributed by atoms with Crippen LogP contribution in [0.15, 0.2) is 30.3 Å². The van der Waals surface area contributed by atoms with Crippen LogP contribution in [0.4, 0.5) is 0 Å². The summed E-state index contributed by atoms with van der Waals surface area (Å²) in [6, 6.07) is 10.7. The minimum absolute atomic E-state index is 1.26. The fourth-order valence-electron chi connectivity index (χ4n) is 1.10. The Balaban J connectivity index is 2.28. The van der Waals surface area contributed by atoms with E-state index in [-0.39, 0.29) is 0 Å². The van der Waals surface area contributed by atoms with Gasteiger partial charge in [0.05, 0.1) is 0 Å². The van der Waals surface area contributed by atoms with Gasteiger partial charge in [-0.3, -0.25) is 0 Å². The van der Waals surface area contributed by atoms with E-state index in [1.54, 1.807) is 22.5 Å². The predicted molar refractivity (Wildman–Crippen MR) is 49.9 cm³/mol. The maximum atomic E-state index is 2.21. The molecular weight excluding hydrogens is 239 g/mol. The molecule has 0 unspecified atom stereocenters. The fraction of sp³-hybridized carbons (Fsp3) is 0.400. The van der Waals surface area contributed by atoms with Crippen LogP contribution >= 0.6 is 0 Å². The molecule has 0 fully saturated rings. The van der Waals surface area contributed by atoms with Gasteiger partial charge in [-0.2, -0.15) is 0 Å². The van der Waals surface area contributed by atoms with Crippen LogP contribution in [0.25, 0.3) is 0 Å². The second kappa shape index (κ2) is 5.64. The molecule has 0 saturated heterocycles. The van der Waals surface area contributed by atoms with E-state index in [9.17, 15) is 0 Å². The van der Waals surface area contributed by atoms with E-state index in [0.29, 0.717) is 0 Å². The Kier molecular flexibility index (Phi) is 4.67. The Morgan fingerprint density at radius 3 is 2.36 bits per heavy atom. The van der Waals surface area contributed by atoms with E-state index in [0.717, 1.165) is 0 Å². The average Bonchev–Trinajstić information content (AvgIpc) is 2.07. The van der Waals surface area contributed by atoms with Crippen molar-refractivity contribution in [1.29, 1.82) is 0 Å². The van der Waals surface area contributed by atoms with Crippen molar-refractivity contribution in [3.63, 3.8) is 0 Å². The summed E-state index contributed by atoms with van der Waals surface area (Å²) in [6.07, 6.45) is 4.01. The van der Waals surface area contributed by atoms with E-state index in [1.165, 1.54) is 29.3 Å². The summed E-state index contributed by atoms with van der Waals surface area (Å²) in [5.41, 5.74) is 1.48. The van der Waals surface area contributed by atoms with Gasteiger partial charge in [-0.1, -0.05) is 0 Å². The molecule has 0 heterocycles. The number of hydrogen-bond donors (Lipinski definition) is 0. The summed E-state index contributed by atoms with van der Waals surface area (Å²) in [5, 5.41) is 0. The summed E-state index contributed by atoms with van der Waals surface area (Å²) in [6.45, 7) is 0. The van der Waals surface area contributed by atoms with Crippen molar-refractivity contribution in [3.8, 4) is 0 Å². The number of benzene rings is 1. The molecule has 0 aliphatic carbocycles. The third-order valence-electron chi connectivity index (χ3n) is 1.74. The molecule has 1 rings (SSSR count). The molecule has 0 amide bonds. The molecular formula is C10H13Sn. The molecule has 0 bridgehead atoms. The third kappa shape index (κ3) is 3.80. The molecule has 1 aromatic rings. The minimum atomic E-state index is 1.26. The first-order chi connectivity index (χ1) is 5.43. The van der Waals surface area contributed by atoms with Crippen LogP contribution in [0.1, 0.15) is 18.4 Å². The van der Waals surface area contributed by atoms with E-state index in [4.69, 9.17) is 0 Å². The van der Waals surface area contributed by atoms with E-state index in [2.05, 4.69) is 30.3 Å². The van der Waals surface area contributed by atoms with Crippen LogP contribution in [-0.2, 0) is 6.42 Å². The molecule has 0 N–H and O–H groups in total. The van der Waals surface area contributed by atoms with Crippen molar-refractivity contribution in [1.82, 2.24) is 0 Å². The first-order valence-electron chi connectivity index (χ1n) is 4.12. The quantitative estimate of drug-likeness (QED) is 0.570. The Hall–Kier alpha value is 0.0187. The van der Waals surface area contributed by atoms with E-state index >= 15 is 0 Å².